The number of nitrogens with zero attached hydrogens (tertiary/aromatic N) is 6. The summed E-state index contributed by atoms with van der Waals surface area (Å²) in [6.45, 7) is 3.10. The van der Waals surface area contributed by atoms with Gasteiger partial charge in [-0.25, -0.2) is 4.79 Å². The molecule has 2 aromatic carbocycles. The summed E-state index contributed by atoms with van der Waals surface area (Å²) >= 11 is 12.0. The van der Waals surface area contributed by atoms with Gasteiger partial charge in [0.2, 0.25) is 5.91 Å². The van der Waals surface area contributed by atoms with Gasteiger partial charge in [-0.1, -0.05) is 45.6 Å². The van der Waals surface area contributed by atoms with E-state index in [9.17, 15) is 58.7 Å². The van der Waals surface area contributed by atoms with Crippen molar-refractivity contribution >= 4 is 58.2 Å². The summed E-state index contributed by atoms with van der Waals surface area (Å²) in [5.41, 5.74) is 5.75. The van der Waals surface area contributed by atoms with Gasteiger partial charge in [-0.2, -0.15) is 49.7 Å². The molecule has 68 heavy (non-hydrogen) atoms. The second-order valence-corrected chi connectivity index (χ2v) is 16.3. The molecule has 0 spiro atoms. The minimum atomic E-state index is -4.57. The van der Waals surface area contributed by atoms with Gasteiger partial charge in [0.15, 0.2) is 22.7 Å². The number of carbonyl (C=O) groups excluding carboxylic acids is 3. The molecule has 2 aliphatic rings. The number of nitrogens with two attached hydrogens (primary N) is 1. The predicted octanol–water partition coefficient (Wildman–Crippen LogP) is 7.52. The van der Waals surface area contributed by atoms with Gasteiger partial charge in [-0.05, 0) is 57.2 Å². The average Bonchev–Trinajstić information content (AvgIpc) is 4.04. The Labute approximate surface area is 390 Å². The summed E-state index contributed by atoms with van der Waals surface area (Å²) in [7, 11) is 3.21. The van der Waals surface area contributed by atoms with Crippen molar-refractivity contribution in [2.75, 3.05) is 19.6 Å². The van der Waals surface area contributed by atoms with Gasteiger partial charge >= 0.3 is 24.5 Å². The number of benzene rings is 2. The summed E-state index contributed by atoms with van der Waals surface area (Å²) in [6.07, 6.45) is -14.7. The first-order valence-electron chi connectivity index (χ1n) is 19.7. The van der Waals surface area contributed by atoms with Gasteiger partial charge in [-0.3, -0.25) is 23.7 Å². The van der Waals surface area contributed by atoms with Gasteiger partial charge in [0, 0.05) is 44.5 Å². The van der Waals surface area contributed by atoms with Crippen molar-refractivity contribution < 1.29 is 73.5 Å². The molecular formula is C41H42Cl2F9N9O7. The number of hydrogen-bond donors (Lipinski definition) is 4. The molecule has 4 aromatic rings. The zero-order valence-electron chi connectivity index (χ0n) is 36.4. The third kappa shape index (κ3) is 14.6. The van der Waals surface area contributed by atoms with Crippen LogP contribution in [0.3, 0.4) is 0 Å². The van der Waals surface area contributed by atoms with Crippen LogP contribution in [0.4, 0.5) is 39.5 Å². The fourth-order valence-electron chi connectivity index (χ4n) is 6.53. The van der Waals surface area contributed by atoms with Crippen molar-refractivity contribution in [2.45, 2.75) is 76.2 Å². The van der Waals surface area contributed by atoms with Crippen LogP contribution in [0.1, 0.15) is 94.1 Å². The van der Waals surface area contributed by atoms with E-state index in [0.717, 1.165) is 22.1 Å². The lowest BCUT2D eigenvalue weighted by Crippen LogP contribution is -2.37. The Bertz CT molecular complexity index is 2600. The molecule has 6 rings (SSSR count). The van der Waals surface area contributed by atoms with Crippen molar-refractivity contribution in [1.82, 2.24) is 30.2 Å². The smallest absolute Gasteiger partial charge is 0.435 e. The van der Waals surface area contributed by atoms with Gasteiger partial charge in [0.05, 0.1) is 69.2 Å². The number of aromatic carboxylic acids is 1. The molecule has 2 aliphatic heterocycles. The Kier molecular flexibility index (Phi) is 17.1. The van der Waals surface area contributed by atoms with Crippen LogP contribution in [0, 0.1) is 6.92 Å². The van der Waals surface area contributed by atoms with E-state index in [1.54, 1.807) is 29.1 Å². The third-order valence-electron chi connectivity index (χ3n) is 9.86. The molecule has 2 aromatic heterocycles. The van der Waals surface area contributed by atoms with E-state index in [4.69, 9.17) is 43.7 Å². The van der Waals surface area contributed by atoms with Crippen LogP contribution in [0.2, 0.25) is 10.0 Å². The Hall–Kier alpha value is -6.21. The normalized spacial score (nSPS) is 17.9. The van der Waals surface area contributed by atoms with E-state index >= 15 is 0 Å². The number of oxime groups is 2. The van der Waals surface area contributed by atoms with Crippen LogP contribution < -0.4 is 16.4 Å². The molecule has 0 saturated heterocycles. The zero-order valence-corrected chi connectivity index (χ0v) is 37.9. The molecule has 5 N–H and O–H groups in total. The molecule has 0 saturated carbocycles. The molecule has 4 heterocycles. The lowest BCUT2D eigenvalue weighted by molar-refractivity contribution is -0.142. The number of carbonyl (C=O) groups is 4. The number of rotatable bonds is 12. The number of nitrogens with one attached hydrogen (secondary N) is 2. The number of ketones is 1. The average molecular weight is 1010 g/mol. The number of hydrogen-bond acceptors (Lipinski definition) is 11. The maximum Gasteiger partial charge on any atom is 0.435 e. The van der Waals surface area contributed by atoms with E-state index in [1.807, 2.05) is 27.0 Å². The Balaban J connectivity index is 0.000000251. The Morgan fingerprint density at radius 3 is 1.71 bits per heavy atom. The van der Waals surface area contributed by atoms with Crippen LogP contribution in [0.15, 0.2) is 58.8 Å². The lowest BCUT2D eigenvalue weighted by atomic mass is 9.92. The summed E-state index contributed by atoms with van der Waals surface area (Å²) in [5.74, 6) is -3.39. The minimum Gasteiger partial charge on any atom is -0.478 e. The molecule has 0 fully saturated rings. The minimum absolute atomic E-state index is 0.0741. The lowest BCUT2D eigenvalue weighted by Gasteiger charge is -2.21. The highest BCUT2D eigenvalue weighted by Crippen LogP contribution is 2.40. The molecule has 0 bridgehead atoms. The van der Waals surface area contributed by atoms with Gasteiger partial charge in [0.25, 0.3) is 5.91 Å². The molecule has 27 heteroatoms. The monoisotopic (exact) mass is 1010 g/mol. The van der Waals surface area contributed by atoms with E-state index in [2.05, 4.69) is 25.8 Å². The Morgan fingerprint density at radius 2 is 1.26 bits per heavy atom. The number of alkyl halides is 9. The summed E-state index contributed by atoms with van der Waals surface area (Å²) < 4.78 is 112. The van der Waals surface area contributed by atoms with Crippen molar-refractivity contribution in [2.24, 2.45) is 30.1 Å². The van der Waals surface area contributed by atoms with Crippen LogP contribution in [0.5, 0.6) is 0 Å². The quantitative estimate of drug-likeness (QED) is 0.102. The topological polar surface area (TPSA) is 217 Å². The SMILES string of the molecule is Cc1cc(C2(C)CC(c3ccc(Cl)c(C(=O)NCC(=O)CCC(F)(F)F)c3)=NO2)n(C)n1.Cn1nc(C(F)(F)F)cc1C1(C)CC(c2ccc(Cl)c(C(=O)O)c2)=NO1.NCC(=O)NCC(F)(F)F. The van der Waals surface area contributed by atoms with Crippen LogP contribution in [-0.4, -0.2) is 91.6 Å². The second kappa shape index (κ2) is 21.4. The van der Waals surface area contributed by atoms with Crippen molar-refractivity contribution in [3.05, 3.63) is 104 Å². The number of aromatic nitrogens is 4. The molecule has 2 amide bonds. The molecule has 2 atom stereocenters. The van der Waals surface area contributed by atoms with Gasteiger partial charge in [0.1, 0.15) is 6.54 Å². The van der Waals surface area contributed by atoms with E-state index < -0.39 is 91.5 Å². The number of halogens is 11. The van der Waals surface area contributed by atoms with Crippen molar-refractivity contribution in [3.8, 4) is 0 Å². The fraction of sp³-hybridized carbons (Fsp3) is 0.415. The first kappa shape index (κ1) is 54.4. The van der Waals surface area contributed by atoms with E-state index in [-0.39, 0.29) is 33.3 Å². The van der Waals surface area contributed by atoms with Crippen LogP contribution in [-0.2, 0) is 50.7 Å². The Morgan fingerprint density at radius 1 is 0.765 bits per heavy atom. The van der Waals surface area contributed by atoms with Gasteiger partial charge in [-0.15, -0.1) is 0 Å². The van der Waals surface area contributed by atoms with Crippen molar-refractivity contribution in [1.29, 1.82) is 0 Å². The van der Waals surface area contributed by atoms with Crippen LogP contribution in [0.25, 0.3) is 0 Å². The van der Waals surface area contributed by atoms with Crippen molar-refractivity contribution in [3.63, 3.8) is 0 Å². The summed E-state index contributed by atoms with van der Waals surface area (Å²) in [4.78, 5) is 56.6. The van der Waals surface area contributed by atoms with E-state index in [1.165, 1.54) is 31.3 Å². The highest BCUT2D eigenvalue weighted by molar-refractivity contribution is 6.34. The number of carboxylic acid groups (broad SMARTS) is 1. The molecule has 0 radical (unpaired) electrons. The fourth-order valence-corrected chi connectivity index (χ4v) is 6.93. The number of Topliss-reactive ketones (excluding diaryl/α,β-unsaturated/α-hetero) is 1. The number of amides is 2. The zero-order chi connectivity index (χ0) is 51.2. The second-order valence-electron chi connectivity index (χ2n) is 15.5. The van der Waals surface area contributed by atoms with Gasteiger partial charge < -0.3 is 31.1 Å². The van der Waals surface area contributed by atoms with E-state index in [0.29, 0.717) is 29.0 Å². The standard InChI is InChI=1S/C21H22ClF3N4O3.C16H13ClF3N3O3.C4H7F3N2O/c1-12-8-18(29(3)27-12)20(2)10-17(28-32-20)13-4-5-16(22)15(9-13)19(31)26-11-14(30)6-7-21(23,24)25;1-15(13-6-12(16(18,19)20)21-23(13)2)7-11(22-26-15)8-3-4-10(17)9(5-8)14(24)25;5-4(6,7)2-9-3(10)1-8/h4-5,8-9H,6-7,10-11H2,1-3H3,(H,26,31);3-6H,7H2,1-2H3,(H,24,25);1-2,8H2,(H,9,10). The molecule has 370 valence electrons. The molecule has 16 nitrogen and oxygen atoms in total. The highest BCUT2D eigenvalue weighted by atomic mass is 35.5. The molecule has 0 aliphatic carbocycles. The summed E-state index contributed by atoms with van der Waals surface area (Å²) in [5, 5.41) is 29.2. The number of aryl methyl sites for hydroxylation is 3. The number of carboxylic acids is 1. The highest BCUT2D eigenvalue weighted by Gasteiger charge is 2.43. The van der Waals surface area contributed by atoms with Crippen LogP contribution >= 0.6 is 23.2 Å². The predicted molar refractivity (Wildman–Crippen MR) is 226 cm³/mol. The molecule has 2 unspecified atom stereocenters. The maximum absolute atomic E-state index is 12.9. The maximum atomic E-state index is 12.9. The first-order chi connectivity index (χ1) is 31.3. The largest absolute Gasteiger partial charge is 0.478 e. The molecular weight excluding hydrogens is 972 g/mol. The first-order valence-corrected chi connectivity index (χ1v) is 20.5. The summed E-state index contributed by atoms with van der Waals surface area (Å²) in [6, 6.07) is 11.9. The third-order valence-corrected chi connectivity index (χ3v) is 10.5.